The second-order valence-corrected chi connectivity index (χ2v) is 1.55. The number of amides is 2. The normalized spacial score (nSPS) is 8.00. The average molecular weight is 142 g/mol. The monoisotopic (exact) mass is 142 g/mol. The first-order valence-electron chi connectivity index (χ1n) is 2.53. The predicted octanol–water partition coefficient (Wildman–Crippen LogP) is 0.0888. The van der Waals surface area contributed by atoms with Crippen LogP contribution in [0.15, 0.2) is 5.11 Å². The molecule has 0 radical (unpaired) electrons. The molecule has 54 valence electrons. The molecule has 0 aliphatic rings. The van der Waals surface area contributed by atoms with E-state index >= 15 is 0 Å². The van der Waals surface area contributed by atoms with E-state index in [0.29, 0.717) is 0 Å². The first-order valence-corrected chi connectivity index (χ1v) is 2.53. The molecule has 0 saturated carbocycles. The molecule has 0 spiro atoms. The van der Waals surface area contributed by atoms with Crippen molar-refractivity contribution < 1.29 is 9.59 Å². The van der Waals surface area contributed by atoms with Gasteiger partial charge in [0, 0.05) is 17.8 Å². The third-order valence-corrected chi connectivity index (χ3v) is 0.742. The maximum atomic E-state index is 10.3. The average Bonchev–Trinajstić information content (AvgIpc) is 1.85. The molecule has 0 bridgehead atoms. The minimum atomic E-state index is -0.665. The van der Waals surface area contributed by atoms with Crippen molar-refractivity contribution in [2.75, 3.05) is 0 Å². The zero-order valence-corrected chi connectivity index (χ0v) is 5.15. The van der Waals surface area contributed by atoms with E-state index in [0.717, 1.165) is 0 Å². The van der Waals surface area contributed by atoms with Crippen LogP contribution in [0.1, 0.15) is 12.8 Å². The van der Waals surface area contributed by atoms with Crippen molar-refractivity contribution in [1.29, 1.82) is 0 Å². The lowest BCUT2D eigenvalue weighted by Crippen LogP contribution is -2.11. The second kappa shape index (κ2) is 4.34. The summed E-state index contributed by atoms with van der Waals surface area (Å²) >= 11 is 0. The number of rotatable bonds is 3. The standard InChI is InChI=1S/C4H6N4O2/c5-3(9)1-2-4(10)7-8-6/h1-2H2,(H2,5,9). The summed E-state index contributed by atoms with van der Waals surface area (Å²) in [6, 6.07) is 0. The summed E-state index contributed by atoms with van der Waals surface area (Å²) in [5, 5.41) is 2.73. The fraction of sp³-hybridized carbons (Fsp3) is 0.500. The van der Waals surface area contributed by atoms with Gasteiger partial charge >= 0.3 is 0 Å². The Kier molecular flexibility index (Phi) is 3.67. The Hall–Kier alpha value is -1.55. The van der Waals surface area contributed by atoms with E-state index in [9.17, 15) is 9.59 Å². The highest BCUT2D eigenvalue weighted by Gasteiger charge is 1.99. The lowest BCUT2D eigenvalue weighted by Gasteiger charge is -1.87. The van der Waals surface area contributed by atoms with E-state index in [1.807, 2.05) is 0 Å². The molecule has 6 heteroatoms. The van der Waals surface area contributed by atoms with Crippen LogP contribution < -0.4 is 5.73 Å². The number of primary amides is 1. The van der Waals surface area contributed by atoms with Gasteiger partial charge in [-0.25, -0.2) is 0 Å². The van der Waals surface area contributed by atoms with Gasteiger partial charge in [-0.15, -0.1) is 0 Å². The minimum absolute atomic E-state index is 0.0716. The summed E-state index contributed by atoms with van der Waals surface area (Å²) in [5.41, 5.74) is 12.4. The van der Waals surface area contributed by atoms with Crippen molar-refractivity contribution in [3.8, 4) is 0 Å². The van der Waals surface area contributed by atoms with E-state index in [2.05, 4.69) is 10.0 Å². The molecule has 2 amide bonds. The molecule has 0 aliphatic carbocycles. The third kappa shape index (κ3) is 4.61. The van der Waals surface area contributed by atoms with Crippen LogP contribution in [0.5, 0.6) is 0 Å². The number of hydrogen-bond donors (Lipinski definition) is 1. The fourth-order valence-corrected chi connectivity index (χ4v) is 0.330. The molecule has 0 fully saturated rings. The van der Waals surface area contributed by atoms with Crippen molar-refractivity contribution in [2.24, 2.45) is 10.8 Å². The molecule has 0 unspecified atom stereocenters. The molecule has 0 saturated heterocycles. The van der Waals surface area contributed by atoms with Crippen LogP contribution >= 0.6 is 0 Å². The molecule has 0 atom stereocenters. The van der Waals surface area contributed by atoms with Gasteiger partial charge in [0.2, 0.25) is 11.8 Å². The smallest absolute Gasteiger partial charge is 0.219 e. The highest BCUT2D eigenvalue weighted by molar-refractivity contribution is 5.83. The Morgan fingerprint density at radius 1 is 1.50 bits per heavy atom. The van der Waals surface area contributed by atoms with Crippen molar-refractivity contribution in [3.63, 3.8) is 0 Å². The highest BCUT2D eigenvalue weighted by atomic mass is 16.2. The van der Waals surface area contributed by atoms with E-state index in [1.165, 1.54) is 0 Å². The quantitative estimate of drug-likeness (QED) is 0.342. The lowest BCUT2D eigenvalue weighted by molar-refractivity contribution is -0.123. The molecule has 0 heterocycles. The van der Waals surface area contributed by atoms with Crippen LogP contribution in [0.25, 0.3) is 10.4 Å². The van der Waals surface area contributed by atoms with Gasteiger partial charge in [-0.05, 0) is 10.6 Å². The zero-order valence-electron chi connectivity index (χ0n) is 5.15. The van der Waals surface area contributed by atoms with Crippen LogP contribution in [0.3, 0.4) is 0 Å². The van der Waals surface area contributed by atoms with Gasteiger partial charge in [-0.1, -0.05) is 0 Å². The minimum Gasteiger partial charge on any atom is -0.370 e. The fourth-order valence-electron chi connectivity index (χ4n) is 0.330. The summed E-state index contributed by atoms with van der Waals surface area (Å²) in [6.07, 6.45) is -0.183. The summed E-state index contributed by atoms with van der Waals surface area (Å²) < 4.78 is 0. The zero-order chi connectivity index (χ0) is 7.98. The number of carbonyl (C=O) groups excluding carboxylic acids is 2. The van der Waals surface area contributed by atoms with Crippen molar-refractivity contribution >= 4 is 11.8 Å². The van der Waals surface area contributed by atoms with Gasteiger partial charge in [0.1, 0.15) is 0 Å². The van der Waals surface area contributed by atoms with Crippen molar-refractivity contribution in [1.82, 2.24) is 0 Å². The van der Waals surface area contributed by atoms with Gasteiger partial charge in [-0.2, -0.15) is 0 Å². The van der Waals surface area contributed by atoms with Gasteiger partial charge in [0.15, 0.2) is 0 Å². The molecule has 2 N–H and O–H groups in total. The summed E-state index contributed by atoms with van der Waals surface area (Å²) in [4.78, 5) is 22.6. The van der Waals surface area contributed by atoms with Crippen molar-refractivity contribution in [3.05, 3.63) is 10.4 Å². The maximum absolute atomic E-state index is 10.3. The lowest BCUT2D eigenvalue weighted by atomic mass is 10.3. The summed E-state index contributed by atoms with van der Waals surface area (Å²) in [6.45, 7) is 0. The maximum Gasteiger partial charge on any atom is 0.219 e. The first kappa shape index (κ1) is 8.45. The van der Waals surface area contributed by atoms with Crippen LogP contribution in [-0.4, -0.2) is 11.8 Å². The van der Waals surface area contributed by atoms with Crippen LogP contribution in [0, 0.1) is 0 Å². The number of nitrogens with two attached hydrogens (primary N) is 1. The molecular weight excluding hydrogens is 136 g/mol. The van der Waals surface area contributed by atoms with Gasteiger partial charge in [0.05, 0.1) is 0 Å². The van der Waals surface area contributed by atoms with Crippen LogP contribution in [-0.2, 0) is 9.59 Å². The highest BCUT2D eigenvalue weighted by Crippen LogP contribution is 1.90. The number of nitrogens with zero attached hydrogens (tertiary/aromatic N) is 3. The summed E-state index contributed by atoms with van der Waals surface area (Å²) in [7, 11) is 0. The topological polar surface area (TPSA) is 109 Å². The van der Waals surface area contributed by atoms with Gasteiger partial charge in [0.25, 0.3) is 0 Å². The number of hydrogen-bond acceptors (Lipinski definition) is 2. The van der Waals surface area contributed by atoms with Crippen LogP contribution in [0.4, 0.5) is 0 Å². The largest absolute Gasteiger partial charge is 0.370 e. The Bertz CT molecular complexity index is 193. The molecule has 0 aromatic heterocycles. The Morgan fingerprint density at radius 2 is 2.10 bits per heavy atom. The number of azide groups is 1. The van der Waals surface area contributed by atoms with Crippen molar-refractivity contribution in [2.45, 2.75) is 12.8 Å². The van der Waals surface area contributed by atoms with Gasteiger partial charge < -0.3 is 5.73 Å². The second-order valence-electron chi connectivity index (χ2n) is 1.55. The van der Waals surface area contributed by atoms with Crippen LogP contribution in [0.2, 0.25) is 0 Å². The Labute approximate surface area is 56.6 Å². The molecule has 10 heavy (non-hydrogen) atoms. The third-order valence-electron chi connectivity index (χ3n) is 0.742. The molecule has 0 aromatic rings. The summed E-state index contributed by atoms with van der Waals surface area (Å²) in [5.74, 6) is -1.25. The van der Waals surface area contributed by atoms with E-state index in [-0.39, 0.29) is 12.8 Å². The molecule has 0 aliphatic heterocycles. The van der Waals surface area contributed by atoms with E-state index < -0.39 is 11.8 Å². The Morgan fingerprint density at radius 3 is 2.50 bits per heavy atom. The molecule has 6 nitrogen and oxygen atoms in total. The number of carbonyl (C=O) groups is 2. The Balaban J connectivity index is 3.60. The predicted molar refractivity (Wildman–Crippen MR) is 32.6 cm³/mol. The SMILES string of the molecule is [N-]=[N+]=NC(=O)CCC(N)=O. The van der Waals surface area contributed by atoms with Gasteiger partial charge in [-0.3, -0.25) is 9.59 Å². The van der Waals surface area contributed by atoms with E-state index in [4.69, 9.17) is 11.3 Å². The molecule has 0 aromatic carbocycles. The molecule has 0 rings (SSSR count). The first-order chi connectivity index (χ1) is 4.66. The molecular formula is C4H6N4O2. The van der Waals surface area contributed by atoms with E-state index in [1.54, 1.807) is 0 Å².